The molecule has 0 saturated heterocycles. The highest BCUT2D eigenvalue weighted by Crippen LogP contribution is 2.49. The zero-order chi connectivity index (χ0) is 17.2. The molecule has 0 N–H and O–H groups in total. The molecule has 0 amide bonds. The summed E-state index contributed by atoms with van der Waals surface area (Å²) in [5.74, 6) is -0.215. The molecule has 0 bridgehead atoms. The van der Waals surface area contributed by atoms with Gasteiger partial charge in [0.05, 0.1) is 35.7 Å². The molecule has 1 aliphatic heterocycles. The molecule has 1 aliphatic rings. The average Bonchev–Trinajstić information content (AvgIpc) is 3.01. The molecule has 1 heterocycles. The lowest BCUT2D eigenvalue weighted by atomic mass is 10.1. The van der Waals surface area contributed by atoms with Crippen LogP contribution in [-0.4, -0.2) is 0 Å². The zero-order valence-corrected chi connectivity index (χ0v) is 15.8. The van der Waals surface area contributed by atoms with E-state index in [1.165, 1.54) is 29.3 Å². The van der Waals surface area contributed by atoms with Crippen LogP contribution in [0.25, 0.3) is 0 Å². The molecule has 25 heavy (non-hydrogen) atoms. The van der Waals surface area contributed by atoms with Gasteiger partial charge in [-0.15, -0.1) is 0 Å². The van der Waals surface area contributed by atoms with E-state index in [-0.39, 0.29) is 5.82 Å². The average molecular weight is 415 g/mol. The Morgan fingerprint density at radius 3 is 2.24 bits per heavy atom. The third-order valence-electron chi connectivity index (χ3n) is 4.09. The van der Waals surface area contributed by atoms with E-state index in [9.17, 15) is 4.39 Å². The Hall–Kier alpha value is -1.98. The topological polar surface area (TPSA) is 6.48 Å². The molecule has 3 aromatic carbocycles. The Labute approximate surface area is 159 Å². The fourth-order valence-electron chi connectivity index (χ4n) is 2.91. The maximum Gasteiger partial charge on any atom is 0.147 e. The highest BCUT2D eigenvalue weighted by Gasteiger charge is 2.29. The highest BCUT2D eigenvalue weighted by atomic mass is 79.9. The van der Waals surface area contributed by atoms with E-state index >= 15 is 0 Å². The van der Waals surface area contributed by atoms with Crippen LogP contribution in [0.3, 0.4) is 0 Å². The van der Waals surface area contributed by atoms with Crippen molar-refractivity contribution in [2.75, 3.05) is 8.61 Å². The fourth-order valence-corrected chi connectivity index (χ4v) is 4.39. The number of para-hydroxylation sites is 3. The summed E-state index contributed by atoms with van der Waals surface area (Å²) in [5, 5.41) is 0.839. The van der Waals surface area contributed by atoms with Gasteiger partial charge in [0.2, 0.25) is 0 Å². The Bertz CT molecular complexity index is 902. The first kappa shape index (κ1) is 16.5. The fraction of sp³-hybridized carbons (Fsp3) is 0.100. The Balaban J connectivity index is 1.68. The normalized spacial score (nSPS) is 13.2. The molecule has 5 heteroatoms. The van der Waals surface area contributed by atoms with Crippen molar-refractivity contribution >= 4 is 45.1 Å². The number of hydrogen-bond donors (Lipinski definition) is 0. The zero-order valence-electron chi connectivity index (χ0n) is 13.4. The van der Waals surface area contributed by atoms with Gasteiger partial charge in [0.25, 0.3) is 0 Å². The Morgan fingerprint density at radius 1 is 0.800 bits per heavy atom. The quantitative estimate of drug-likeness (QED) is 0.358. The van der Waals surface area contributed by atoms with Gasteiger partial charge in [-0.25, -0.2) is 4.39 Å². The number of rotatable bonds is 4. The molecule has 0 aromatic heterocycles. The van der Waals surface area contributed by atoms with Gasteiger partial charge in [-0.05, 0) is 35.4 Å². The second-order valence-electron chi connectivity index (χ2n) is 5.81. The van der Waals surface area contributed by atoms with Crippen LogP contribution >= 0.6 is 28.1 Å². The number of anilines is 3. The molecule has 3 aromatic rings. The molecule has 0 fully saturated rings. The monoisotopic (exact) mass is 414 g/mol. The summed E-state index contributed by atoms with van der Waals surface area (Å²) in [5.41, 5.74) is 5.17. The number of hydrogen-bond acceptors (Lipinski definition) is 3. The van der Waals surface area contributed by atoms with E-state index in [1.54, 1.807) is 6.07 Å². The summed E-state index contributed by atoms with van der Waals surface area (Å²) in [6.45, 7) is 0.757. The van der Waals surface area contributed by atoms with Crippen molar-refractivity contribution in [2.24, 2.45) is 0 Å². The molecule has 126 valence electrons. The van der Waals surface area contributed by atoms with Gasteiger partial charge >= 0.3 is 0 Å². The largest absolute Gasteiger partial charge is 0.292 e. The molecular formula is C20H16BrFN2S. The summed E-state index contributed by atoms with van der Waals surface area (Å²) in [7, 11) is 0. The predicted octanol–water partition coefficient (Wildman–Crippen LogP) is 6.44. The minimum absolute atomic E-state index is 0.215. The van der Waals surface area contributed by atoms with Gasteiger partial charge in [0.1, 0.15) is 5.82 Å². The molecule has 0 saturated carbocycles. The SMILES string of the molecule is Fc1ccccc1N1SN(Cc2cccc(CBr)c2)c2ccccc21. The molecule has 4 rings (SSSR count). The standard InChI is InChI=1S/C20H16BrFN2S/c21-13-15-6-5-7-16(12-15)14-23-19-10-3-4-11-20(19)24(25-23)18-9-2-1-8-17(18)22/h1-12H,13-14H2. The first-order valence-corrected chi connectivity index (χ1v) is 9.84. The molecule has 0 unspecified atom stereocenters. The first-order valence-electron chi connectivity index (χ1n) is 7.99. The number of nitrogens with zero attached hydrogens (tertiary/aromatic N) is 2. The van der Waals surface area contributed by atoms with Crippen molar-refractivity contribution in [1.82, 2.24) is 0 Å². The van der Waals surface area contributed by atoms with Crippen LogP contribution in [-0.2, 0) is 11.9 Å². The van der Waals surface area contributed by atoms with Crippen LogP contribution in [0.5, 0.6) is 0 Å². The summed E-state index contributed by atoms with van der Waals surface area (Å²) < 4.78 is 18.5. The lowest BCUT2D eigenvalue weighted by Crippen LogP contribution is -2.13. The van der Waals surface area contributed by atoms with Crippen LogP contribution in [0.2, 0.25) is 0 Å². The van der Waals surface area contributed by atoms with Crippen molar-refractivity contribution < 1.29 is 4.39 Å². The Kier molecular flexibility index (Phi) is 4.68. The van der Waals surface area contributed by atoms with Crippen molar-refractivity contribution in [1.29, 1.82) is 0 Å². The number of halogens is 2. The van der Waals surface area contributed by atoms with Crippen molar-refractivity contribution in [2.45, 2.75) is 11.9 Å². The molecular weight excluding hydrogens is 399 g/mol. The van der Waals surface area contributed by atoms with E-state index in [0.717, 1.165) is 23.2 Å². The summed E-state index contributed by atoms with van der Waals surface area (Å²) in [6.07, 6.45) is 0. The van der Waals surface area contributed by atoms with Gasteiger partial charge < -0.3 is 0 Å². The van der Waals surface area contributed by atoms with Crippen molar-refractivity contribution in [3.05, 3.63) is 89.7 Å². The van der Waals surface area contributed by atoms with Crippen molar-refractivity contribution in [3.8, 4) is 0 Å². The van der Waals surface area contributed by atoms with Crippen LogP contribution in [0, 0.1) is 5.82 Å². The number of benzene rings is 3. The van der Waals surface area contributed by atoms with Gasteiger partial charge in [-0.3, -0.25) is 8.61 Å². The van der Waals surface area contributed by atoms with Crippen LogP contribution in [0.1, 0.15) is 11.1 Å². The minimum Gasteiger partial charge on any atom is -0.292 e. The molecule has 2 nitrogen and oxygen atoms in total. The lowest BCUT2D eigenvalue weighted by Gasteiger charge is -2.20. The number of alkyl halides is 1. The summed E-state index contributed by atoms with van der Waals surface area (Å²) in [4.78, 5) is 0. The second-order valence-corrected chi connectivity index (χ2v) is 7.34. The van der Waals surface area contributed by atoms with E-state index in [1.807, 2.05) is 34.6 Å². The van der Waals surface area contributed by atoms with Crippen LogP contribution in [0.15, 0.2) is 72.8 Å². The highest BCUT2D eigenvalue weighted by molar-refractivity contribution is 9.08. The summed E-state index contributed by atoms with van der Waals surface area (Å²) >= 11 is 5.04. The maximum absolute atomic E-state index is 14.3. The Morgan fingerprint density at radius 2 is 1.48 bits per heavy atom. The first-order chi connectivity index (χ1) is 12.3. The van der Waals surface area contributed by atoms with Crippen LogP contribution in [0.4, 0.5) is 21.5 Å². The van der Waals surface area contributed by atoms with Gasteiger partial charge in [-0.1, -0.05) is 64.5 Å². The number of fused-ring (bicyclic) bond motifs is 1. The van der Waals surface area contributed by atoms with E-state index in [4.69, 9.17) is 0 Å². The summed E-state index contributed by atoms with van der Waals surface area (Å²) in [6, 6.07) is 23.5. The van der Waals surface area contributed by atoms with Crippen molar-refractivity contribution in [3.63, 3.8) is 0 Å². The van der Waals surface area contributed by atoms with E-state index in [2.05, 4.69) is 50.6 Å². The molecule has 0 aliphatic carbocycles. The van der Waals surface area contributed by atoms with Crippen LogP contribution < -0.4 is 8.61 Å². The smallest absolute Gasteiger partial charge is 0.147 e. The molecule has 0 spiro atoms. The predicted molar refractivity (Wildman–Crippen MR) is 108 cm³/mol. The van der Waals surface area contributed by atoms with Gasteiger partial charge in [-0.2, -0.15) is 0 Å². The van der Waals surface area contributed by atoms with E-state index < -0.39 is 0 Å². The van der Waals surface area contributed by atoms with Gasteiger partial charge in [0.15, 0.2) is 0 Å². The third-order valence-corrected chi connectivity index (χ3v) is 5.82. The molecule has 0 radical (unpaired) electrons. The van der Waals surface area contributed by atoms with Gasteiger partial charge in [0, 0.05) is 5.33 Å². The third kappa shape index (κ3) is 3.26. The second kappa shape index (κ2) is 7.10. The minimum atomic E-state index is -0.215. The lowest BCUT2D eigenvalue weighted by molar-refractivity contribution is 0.630. The maximum atomic E-state index is 14.3. The molecule has 0 atom stereocenters. The van der Waals surface area contributed by atoms with E-state index in [0.29, 0.717) is 5.69 Å².